The summed E-state index contributed by atoms with van der Waals surface area (Å²) in [6, 6.07) is 6.27. The maximum Gasteiger partial charge on any atom is 0.312 e. The molecule has 0 aliphatic heterocycles. The van der Waals surface area contributed by atoms with Crippen molar-refractivity contribution in [1.82, 2.24) is 4.98 Å². The molecule has 1 unspecified atom stereocenters. The number of nitrogens with zero attached hydrogens (tertiary/aromatic N) is 2. The van der Waals surface area contributed by atoms with Crippen molar-refractivity contribution >= 4 is 23.0 Å². The Hall–Kier alpha value is -2.28. The second kappa shape index (κ2) is 5.25. The maximum atomic E-state index is 11.3. The van der Waals surface area contributed by atoms with Crippen molar-refractivity contribution in [2.45, 2.75) is 25.2 Å². The lowest BCUT2D eigenvalue weighted by Gasteiger charge is -2.16. The summed E-state index contributed by atoms with van der Waals surface area (Å²) in [5.41, 5.74) is 1.29. The highest BCUT2D eigenvalue weighted by Gasteiger charge is 2.30. The second-order valence-corrected chi connectivity index (χ2v) is 6.00. The quantitative estimate of drug-likeness (QED) is 0.694. The van der Waals surface area contributed by atoms with Crippen molar-refractivity contribution in [2.24, 2.45) is 0 Å². The minimum absolute atomic E-state index is 0.00968. The molecule has 1 aromatic heterocycles. The van der Waals surface area contributed by atoms with Gasteiger partial charge in [-0.05, 0) is 19.3 Å². The van der Waals surface area contributed by atoms with Gasteiger partial charge in [-0.3, -0.25) is 14.9 Å². The molecule has 0 radical (unpaired) electrons. The van der Waals surface area contributed by atoms with Crippen LogP contribution in [0.4, 0.5) is 5.69 Å². The predicted molar refractivity (Wildman–Crippen MR) is 77.5 cm³/mol. The van der Waals surface area contributed by atoms with Gasteiger partial charge in [0.05, 0.1) is 16.5 Å². The average molecular weight is 304 g/mol. The van der Waals surface area contributed by atoms with Crippen LogP contribution in [-0.2, 0) is 11.2 Å². The molecule has 108 valence electrons. The second-order valence-electron chi connectivity index (χ2n) is 4.92. The number of aromatic nitrogens is 1. The van der Waals surface area contributed by atoms with Crippen LogP contribution in [0.2, 0.25) is 0 Å². The Morgan fingerprint density at radius 3 is 3.00 bits per heavy atom. The molecule has 1 aliphatic carbocycles. The first-order chi connectivity index (χ1) is 10.1. The van der Waals surface area contributed by atoms with E-state index in [1.165, 1.54) is 23.5 Å². The standard InChI is InChI=1S/C14H12N2O4S/c17-14(18)10-5-2-6-11-12(10)15-13(21-11)8-3-1-4-9(7-8)16(19)20/h1,3-4,7,10H,2,5-6H2,(H,17,18). The van der Waals surface area contributed by atoms with Crippen LogP contribution in [0.1, 0.15) is 29.3 Å². The fraction of sp³-hybridized carbons (Fsp3) is 0.286. The highest BCUT2D eigenvalue weighted by molar-refractivity contribution is 7.15. The van der Waals surface area contributed by atoms with Crippen LogP contribution in [0.25, 0.3) is 10.6 Å². The molecule has 6 nitrogen and oxygen atoms in total. The van der Waals surface area contributed by atoms with E-state index in [4.69, 9.17) is 0 Å². The monoisotopic (exact) mass is 304 g/mol. The van der Waals surface area contributed by atoms with Crippen LogP contribution < -0.4 is 0 Å². The number of hydrogen-bond acceptors (Lipinski definition) is 5. The summed E-state index contributed by atoms with van der Waals surface area (Å²) in [6.07, 6.45) is 2.26. The van der Waals surface area contributed by atoms with Crippen LogP contribution >= 0.6 is 11.3 Å². The fourth-order valence-electron chi connectivity index (χ4n) is 2.53. The number of hydrogen-bond donors (Lipinski definition) is 1. The Morgan fingerprint density at radius 1 is 1.48 bits per heavy atom. The van der Waals surface area contributed by atoms with Crippen molar-refractivity contribution in [3.8, 4) is 10.6 Å². The zero-order chi connectivity index (χ0) is 15.0. The topological polar surface area (TPSA) is 93.3 Å². The van der Waals surface area contributed by atoms with Gasteiger partial charge in [-0.15, -0.1) is 11.3 Å². The molecule has 0 saturated carbocycles. The van der Waals surface area contributed by atoms with Gasteiger partial charge in [0.2, 0.25) is 0 Å². The third-order valence-electron chi connectivity index (χ3n) is 3.56. The largest absolute Gasteiger partial charge is 0.481 e. The predicted octanol–water partition coefficient (Wildman–Crippen LogP) is 3.22. The third kappa shape index (κ3) is 2.52. The van der Waals surface area contributed by atoms with E-state index < -0.39 is 16.8 Å². The first-order valence-electron chi connectivity index (χ1n) is 6.53. The van der Waals surface area contributed by atoms with E-state index in [0.29, 0.717) is 22.7 Å². The zero-order valence-corrected chi connectivity index (χ0v) is 11.8. The normalized spacial score (nSPS) is 17.2. The zero-order valence-electron chi connectivity index (χ0n) is 11.0. The average Bonchev–Trinajstić information content (AvgIpc) is 2.91. The molecule has 2 aromatic rings. The molecule has 1 atom stereocenters. The van der Waals surface area contributed by atoms with Gasteiger partial charge in [0.1, 0.15) is 5.01 Å². The Balaban J connectivity index is 2.03. The summed E-state index contributed by atoms with van der Waals surface area (Å²) in [5.74, 6) is -1.41. The molecule has 0 bridgehead atoms. The molecule has 1 N–H and O–H groups in total. The molecule has 21 heavy (non-hydrogen) atoms. The maximum absolute atomic E-state index is 11.3. The SMILES string of the molecule is O=C(O)C1CCCc2sc(-c3cccc([N+](=O)[O-])c3)nc21. The Bertz CT molecular complexity index is 726. The lowest BCUT2D eigenvalue weighted by molar-refractivity contribution is -0.384. The van der Waals surface area contributed by atoms with Crippen molar-refractivity contribution in [1.29, 1.82) is 0 Å². The van der Waals surface area contributed by atoms with E-state index in [9.17, 15) is 20.0 Å². The summed E-state index contributed by atoms with van der Waals surface area (Å²) >= 11 is 1.43. The molecule has 0 fully saturated rings. The van der Waals surface area contributed by atoms with E-state index in [0.717, 1.165) is 17.7 Å². The van der Waals surface area contributed by atoms with Gasteiger partial charge in [0, 0.05) is 22.6 Å². The number of rotatable bonds is 3. The van der Waals surface area contributed by atoms with Gasteiger partial charge in [-0.2, -0.15) is 0 Å². The first-order valence-corrected chi connectivity index (χ1v) is 7.35. The lowest BCUT2D eigenvalue weighted by Crippen LogP contribution is -2.17. The summed E-state index contributed by atoms with van der Waals surface area (Å²) in [6.45, 7) is 0. The van der Waals surface area contributed by atoms with Crippen molar-refractivity contribution < 1.29 is 14.8 Å². The number of non-ortho nitro benzene ring substituents is 1. The van der Waals surface area contributed by atoms with Gasteiger partial charge in [0.15, 0.2) is 0 Å². The van der Waals surface area contributed by atoms with Crippen molar-refractivity contribution in [2.75, 3.05) is 0 Å². The van der Waals surface area contributed by atoms with Gasteiger partial charge in [0.25, 0.3) is 5.69 Å². The number of fused-ring (bicyclic) bond motifs is 1. The number of aliphatic carboxylic acids is 1. The number of carbonyl (C=O) groups is 1. The van der Waals surface area contributed by atoms with Gasteiger partial charge in [-0.25, -0.2) is 4.98 Å². The molecule has 0 amide bonds. The van der Waals surface area contributed by atoms with E-state index in [1.54, 1.807) is 12.1 Å². The summed E-state index contributed by atoms with van der Waals surface area (Å²) < 4.78 is 0. The molecule has 0 saturated heterocycles. The number of carboxylic acid groups (broad SMARTS) is 1. The first kappa shape index (κ1) is 13.7. The number of nitro groups is 1. The van der Waals surface area contributed by atoms with E-state index in [2.05, 4.69) is 4.98 Å². The number of benzene rings is 1. The molecular formula is C14H12N2O4S. The fourth-order valence-corrected chi connectivity index (χ4v) is 3.70. The summed E-state index contributed by atoms with van der Waals surface area (Å²) in [4.78, 5) is 27.1. The van der Waals surface area contributed by atoms with Crippen LogP contribution in [0.15, 0.2) is 24.3 Å². The van der Waals surface area contributed by atoms with E-state index in [1.807, 2.05) is 0 Å². The van der Waals surface area contributed by atoms with Crippen LogP contribution in [-0.4, -0.2) is 21.0 Å². The molecule has 1 aromatic carbocycles. The van der Waals surface area contributed by atoms with Crippen LogP contribution in [0.5, 0.6) is 0 Å². The van der Waals surface area contributed by atoms with E-state index in [-0.39, 0.29) is 5.69 Å². The van der Waals surface area contributed by atoms with Gasteiger partial charge in [-0.1, -0.05) is 12.1 Å². The van der Waals surface area contributed by atoms with Crippen LogP contribution in [0.3, 0.4) is 0 Å². The number of nitro benzene ring substituents is 1. The molecule has 0 spiro atoms. The number of carboxylic acids is 1. The molecule has 1 aliphatic rings. The Labute approximate surface area is 124 Å². The van der Waals surface area contributed by atoms with Gasteiger partial charge < -0.3 is 5.11 Å². The highest BCUT2D eigenvalue weighted by atomic mass is 32.1. The van der Waals surface area contributed by atoms with Crippen LogP contribution in [0, 0.1) is 10.1 Å². The van der Waals surface area contributed by atoms with Crippen molar-refractivity contribution in [3.63, 3.8) is 0 Å². The minimum atomic E-state index is -0.855. The minimum Gasteiger partial charge on any atom is -0.481 e. The van der Waals surface area contributed by atoms with Gasteiger partial charge >= 0.3 is 5.97 Å². The molecule has 1 heterocycles. The molecule has 7 heteroatoms. The third-order valence-corrected chi connectivity index (χ3v) is 4.74. The summed E-state index contributed by atoms with van der Waals surface area (Å²) in [5, 5.41) is 20.7. The summed E-state index contributed by atoms with van der Waals surface area (Å²) in [7, 11) is 0. The Morgan fingerprint density at radius 2 is 2.29 bits per heavy atom. The number of aryl methyl sites for hydroxylation is 1. The van der Waals surface area contributed by atoms with E-state index >= 15 is 0 Å². The number of thiazole rings is 1. The molecular weight excluding hydrogens is 292 g/mol. The van der Waals surface area contributed by atoms with Crippen molar-refractivity contribution in [3.05, 3.63) is 45.0 Å². The Kier molecular flexibility index (Phi) is 3.42. The smallest absolute Gasteiger partial charge is 0.312 e. The molecule has 3 rings (SSSR count). The lowest BCUT2D eigenvalue weighted by atomic mass is 9.91. The highest BCUT2D eigenvalue weighted by Crippen LogP contribution is 2.38.